The van der Waals surface area contributed by atoms with Crippen molar-refractivity contribution in [3.63, 3.8) is 0 Å². The maximum absolute atomic E-state index is 10.4. The first-order chi connectivity index (χ1) is 14.0. The molecule has 156 valence electrons. The minimum Gasteiger partial charge on any atom is -0.493 e. The second-order valence-electron chi connectivity index (χ2n) is 8.01. The van der Waals surface area contributed by atoms with Crippen molar-refractivity contribution < 1.29 is 29.9 Å². The van der Waals surface area contributed by atoms with Gasteiger partial charge in [-0.05, 0) is 60.1 Å². The minimum atomic E-state index is -1.38. The number of hydrogen-bond acceptors (Lipinski definition) is 6. The highest BCUT2D eigenvalue weighted by molar-refractivity contribution is 5.42. The van der Waals surface area contributed by atoms with Crippen LogP contribution in [-0.2, 0) is 17.6 Å². The molecule has 0 amide bonds. The van der Waals surface area contributed by atoms with E-state index in [9.17, 15) is 20.4 Å². The molecule has 2 heterocycles. The molecule has 1 saturated heterocycles. The molecular weight excluding hydrogens is 372 g/mol. The molecule has 2 aromatic carbocycles. The van der Waals surface area contributed by atoms with Crippen LogP contribution in [-0.4, -0.2) is 58.1 Å². The van der Waals surface area contributed by atoms with Crippen molar-refractivity contribution in [2.24, 2.45) is 0 Å². The number of rotatable bonds is 4. The SMILES string of the molecule is Cc1ccc([C@@H]2O[C@H](CO)[C@@H](O)[C@H](O)[C@H]2O)cc1Cc1ccc2c(c1)CCCO2. The van der Waals surface area contributed by atoms with Gasteiger partial charge in [-0.15, -0.1) is 0 Å². The summed E-state index contributed by atoms with van der Waals surface area (Å²) in [6.07, 6.45) is -2.96. The molecular formula is C23H28O6. The molecule has 6 nitrogen and oxygen atoms in total. The smallest absolute Gasteiger partial charge is 0.122 e. The second kappa shape index (κ2) is 8.42. The van der Waals surface area contributed by atoms with Gasteiger partial charge in [0.05, 0.1) is 13.2 Å². The molecule has 0 spiro atoms. The van der Waals surface area contributed by atoms with Crippen LogP contribution in [0, 0.1) is 6.92 Å². The lowest BCUT2D eigenvalue weighted by molar-refractivity contribution is -0.231. The van der Waals surface area contributed by atoms with Gasteiger partial charge in [-0.25, -0.2) is 0 Å². The summed E-state index contributed by atoms with van der Waals surface area (Å²) in [4.78, 5) is 0. The van der Waals surface area contributed by atoms with Gasteiger partial charge in [-0.2, -0.15) is 0 Å². The molecule has 0 radical (unpaired) electrons. The quantitative estimate of drug-likeness (QED) is 0.620. The van der Waals surface area contributed by atoms with E-state index in [1.165, 1.54) is 11.1 Å². The monoisotopic (exact) mass is 400 g/mol. The highest BCUT2D eigenvalue weighted by Crippen LogP contribution is 2.34. The zero-order chi connectivity index (χ0) is 20.5. The number of benzene rings is 2. The fourth-order valence-electron chi connectivity index (χ4n) is 4.18. The van der Waals surface area contributed by atoms with E-state index in [1.54, 1.807) is 0 Å². The summed E-state index contributed by atoms with van der Waals surface area (Å²) in [6, 6.07) is 12.1. The molecule has 4 rings (SSSR count). The largest absolute Gasteiger partial charge is 0.493 e. The van der Waals surface area contributed by atoms with Crippen molar-refractivity contribution >= 4 is 0 Å². The van der Waals surface area contributed by atoms with Crippen molar-refractivity contribution in [2.45, 2.75) is 56.7 Å². The maximum Gasteiger partial charge on any atom is 0.122 e. The highest BCUT2D eigenvalue weighted by Gasteiger charge is 2.43. The van der Waals surface area contributed by atoms with Crippen molar-refractivity contribution in [1.82, 2.24) is 0 Å². The summed E-state index contributed by atoms with van der Waals surface area (Å²) in [5.41, 5.74) is 5.34. The Morgan fingerprint density at radius 2 is 1.83 bits per heavy atom. The van der Waals surface area contributed by atoms with E-state index >= 15 is 0 Å². The Balaban J connectivity index is 1.59. The Morgan fingerprint density at radius 1 is 1.00 bits per heavy atom. The predicted molar refractivity (Wildman–Crippen MR) is 107 cm³/mol. The molecule has 0 aromatic heterocycles. The average Bonchev–Trinajstić information content (AvgIpc) is 2.74. The van der Waals surface area contributed by atoms with Crippen molar-refractivity contribution in [2.75, 3.05) is 13.2 Å². The van der Waals surface area contributed by atoms with Gasteiger partial charge in [0.25, 0.3) is 0 Å². The Hall–Kier alpha value is -1.96. The molecule has 4 N–H and O–H groups in total. The van der Waals surface area contributed by atoms with E-state index in [2.05, 4.69) is 12.1 Å². The third kappa shape index (κ3) is 4.04. The number of hydrogen-bond donors (Lipinski definition) is 4. The van der Waals surface area contributed by atoms with Crippen molar-refractivity contribution in [3.05, 3.63) is 64.2 Å². The third-order valence-corrected chi connectivity index (χ3v) is 5.96. The van der Waals surface area contributed by atoms with Gasteiger partial charge in [0.15, 0.2) is 0 Å². The molecule has 5 atom stereocenters. The summed E-state index contributed by atoms with van der Waals surface area (Å²) < 4.78 is 11.4. The van der Waals surface area contributed by atoms with Gasteiger partial charge in [-0.1, -0.05) is 30.3 Å². The molecule has 0 aliphatic carbocycles. The van der Waals surface area contributed by atoms with E-state index in [0.717, 1.165) is 42.7 Å². The van der Waals surface area contributed by atoms with Crippen molar-refractivity contribution in [1.29, 1.82) is 0 Å². The first kappa shape index (κ1) is 20.3. The molecule has 2 aromatic rings. The number of aliphatic hydroxyl groups excluding tert-OH is 4. The van der Waals surface area contributed by atoms with Crippen LogP contribution < -0.4 is 4.74 Å². The fourth-order valence-corrected chi connectivity index (χ4v) is 4.18. The summed E-state index contributed by atoms with van der Waals surface area (Å²) in [7, 11) is 0. The fraction of sp³-hybridized carbons (Fsp3) is 0.478. The first-order valence-electron chi connectivity index (χ1n) is 10.1. The van der Waals surface area contributed by atoms with Crippen LogP contribution in [0.5, 0.6) is 5.75 Å². The van der Waals surface area contributed by atoms with E-state index in [0.29, 0.717) is 5.56 Å². The lowest BCUT2D eigenvalue weighted by Crippen LogP contribution is -2.55. The van der Waals surface area contributed by atoms with Crippen LogP contribution >= 0.6 is 0 Å². The minimum absolute atomic E-state index is 0.433. The summed E-state index contributed by atoms with van der Waals surface area (Å²) >= 11 is 0. The average molecular weight is 400 g/mol. The van der Waals surface area contributed by atoms with Gasteiger partial charge in [0.2, 0.25) is 0 Å². The number of fused-ring (bicyclic) bond motifs is 1. The summed E-state index contributed by atoms with van der Waals surface area (Å²) in [6.45, 7) is 2.37. The number of aryl methyl sites for hydroxylation is 2. The van der Waals surface area contributed by atoms with E-state index < -0.39 is 37.1 Å². The standard InChI is InChI=1S/C23H28O6/c1-13-4-6-16(23-22(27)21(26)20(25)19(12-24)29-23)11-17(13)10-14-5-7-18-15(9-14)3-2-8-28-18/h4-7,9,11,19-27H,2-3,8,10,12H2,1H3/t19-,20-,21+,22-,23+/m1/s1. The molecule has 2 aliphatic rings. The Kier molecular flexibility index (Phi) is 5.90. The number of ether oxygens (including phenoxy) is 2. The molecule has 0 bridgehead atoms. The molecule has 6 heteroatoms. The van der Waals surface area contributed by atoms with E-state index in [4.69, 9.17) is 9.47 Å². The van der Waals surface area contributed by atoms with Crippen LogP contribution in [0.25, 0.3) is 0 Å². The molecule has 1 fully saturated rings. The first-order valence-corrected chi connectivity index (χ1v) is 10.1. The lowest BCUT2D eigenvalue weighted by Gasteiger charge is -2.40. The van der Waals surface area contributed by atoms with Crippen molar-refractivity contribution in [3.8, 4) is 5.75 Å². The second-order valence-corrected chi connectivity index (χ2v) is 8.01. The van der Waals surface area contributed by atoms with Crippen LogP contribution in [0.2, 0.25) is 0 Å². The topological polar surface area (TPSA) is 99.4 Å². The molecule has 0 unspecified atom stereocenters. The third-order valence-electron chi connectivity index (χ3n) is 5.96. The normalized spacial score (nSPS) is 29.2. The molecule has 2 aliphatic heterocycles. The Bertz CT molecular complexity index is 864. The molecule has 29 heavy (non-hydrogen) atoms. The Morgan fingerprint density at radius 3 is 2.62 bits per heavy atom. The van der Waals surface area contributed by atoms with Crippen LogP contribution in [0.1, 0.15) is 40.3 Å². The van der Waals surface area contributed by atoms with Gasteiger partial charge < -0.3 is 29.9 Å². The van der Waals surface area contributed by atoms with Gasteiger partial charge in [0.1, 0.15) is 36.3 Å². The summed E-state index contributed by atoms with van der Waals surface area (Å²) in [5.74, 6) is 0.965. The zero-order valence-electron chi connectivity index (χ0n) is 16.5. The van der Waals surface area contributed by atoms with E-state index in [1.807, 2.05) is 31.2 Å². The lowest BCUT2D eigenvalue weighted by atomic mass is 9.89. The Labute approximate surface area is 170 Å². The predicted octanol–water partition coefficient (Wildman–Crippen LogP) is 1.43. The van der Waals surface area contributed by atoms with Crippen LogP contribution in [0.3, 0.4) is 0 Å². The highest BCUT2D eigenvalue weighted by atomic mass is 16.5. The van der Waals surface area contributed by atoms with Gasteiger partial charge >= 0.3 is 0 Å². The maximum atomic E-state index is 10.4. The van der Waals surface area contributed by atoms with Crippen LogP contribution in [0.4, 0.5) is 0 Å². The zero-order valence-corrected chi connectivity index (χ0v) is 16.5. The van der Waals surface area contributed by atoms with E-state index in [-0.39, 0.29) is 0 Å². The summed E-state index contributed by atoms with van der Waals surface area (Å²) in [5, 5.41) is 40.0. The number of aliphatic hydroxyl groups is 4. The molecule has 0 saturated carbocycles. The van der Waals surface area contributed by atoms with Crippen LogP contribution in [0.15, 0.2) is 36.4 Å². The van der Waals surface area contributed by atoms with Gasteiger partial charge in [-0.3, -0.25) is 0 Å². The van der Waals surface area contributed by atoms with Gasteiger partial charge in [0, 0.05) is 0 Å².